The highest BCUT2D eigenvalue weighted by Gasteiger charge is 2.24. The lowest BCUT2D eigenvalue weighted by molar-refractivity contribution is 0.244. The van der Waals surface area contributed by atoms with Gasteiger partial charge >= 0.3 is 0 Å². The van der Waals surface area contributed by atoms with Crippen LogP contribution in [0.4, 0.5) is 5.95 Å². The third-order valence-electron chi connectivity index (χ3n) is 3.41. The molecule has 2 aromatic rings. The first-order valence-corrected chi connectivity index (χ1v) is 6.44. The molecule has 0 saturated heterocycles. The maximum Gasteiger partial charge on any atom is 0.223 e. The van der Waals surface area contributed by atoms with E-state index in [9.17, 15) is 5.11 Å². The Kier molecular flexibility index (Phi) is 2.91. The number of nitrogens with two attached hydrogens (primary N) is 1. The van der Waals surface area contributed by atoms with Crippen molar-refractivity contribution in [2.24, 2.45) is 5.92 Å². The van der Waals surface area contributed by atoms with Gasteiger partial charge in [-0.25, -0.2) is 4.98 Å². The van der Waals surface area contributed by atoms with Gasteiger partial charge in [0.15, 0.2) is 10.8 Å². The van der Waals surface area contributed by atoms with Crippen molar-refractivity contribution in [2.45, 2.75) is 19.4 Å². The maximum atomic E-state index is 9.21. The van der Waals surface area contributed by atoms with Gasteiger partial charge in [0.25, 0.3) is 0 Å². The fourth-order valence-electron chi connectivity index (χ4n) is 2.54. The summed E-state index contributed by atoms with van der Waals surface area (Å²) >= 11 is 6.05. The van der Waals surface area contributed by atoms with Gasteiger partial charge in [0.05, 0.1) is 6.04 Å². The first-order chi connectivity index (χ1) is 9.10. The minimum Gasteiger partial charge on any atom is -0.396 e. The molecule has 7 heteroatoms. The first kappa shape index (κ1) is 12.4. The molecule has 0 radical (unpaired) electrons. The Bertz CT molecular complexity index is 666. The van der Waals surface area contributed by atoms with Crippen LogP contribution in [0, 0.1) is 12.8 Å². The lowest BCUT2D eigenvalue weighted by Gasteiger charge is -2.14. The molecule has 2 atom stereocenters. The predicted molar refractivity (Wildman–Crippen MR) is 72.9 cm³/mol. The van der Waals surface area contributed by atoms with Crippen LogP contribution in [0.2, 0.25) is 5.15 Å². The third-order valence-corrected chi connectivity index (χ3v) is 3.67. The van der Waals surface area contributed by atoms with Crippen LogP contribution in [0.5, 0.6) is 0 Å². The number of hydrogen-bond donors (Lipinski definition) is 2. The average Bonchev–Trinajstić information content (AvgIpc) is 2.93. The van der Waals surface area contributed by atoms with Gasteiger partial charge in [0.2, 0.25) is 5.95 Å². The Balaban J connectivity index is 2.14. The third kappa shape index (κ3) is 1.97. The molecule has 2 unspecified atom stereocenters. The van der Waals surface area contributed by atoms with E-state index >= 15 is 0 Å². The van der Waals surface area contributed by atoms with Gasteiger partial charge in [-0.15, -0.1) is 0 Å². The zero-order chi connectivity index (χ0) is 13.6. The monoisotopic (exact) mass is 279 g/mol. The second-order valence-corrected chi connectivity index (χ2v) is 5.06. The van der Waals surface area contributed by atoms with E-state index < -0.39 is 0 Å². The molecule has 0 fully saturated rings. The molecule has 0 amide bonds. The van der Waals surface area contributed by atoms with Crippen LogP contribution in [0.3, 0.4) is 0 Å². The molecule has 2 aromatic heterocycles. The minimum atomic E-state index is 0.118. The summed E-state index contributed by atoms with van der Waals surface area (Å²) in [7, 11) is 0. The lowest BCUT2D eigenvalue weighted by atomic mass is 10.1. The largest absolute Gasteiger partial charge is 0.396 e. The van der Waals surface area contributed by atoms with Crippen LogP contribution in [-0.4, -0.2) is 31.2 Å². The number of fused-ring (bicyclic) bond motifs is 1. The van der Waals surface area contributed by atoms with Gasteiger partial charge in [-0.2, -0.15) is 9.97 Å². The Morgan fingerprint density at radius 3 is 2.89 bits per heavy atom. The molecule has 0 bridgehead atoms. The number of nitrogen functional groups attached to an aromatic ring is 1. The number of imidazole rings is 1. The number of halogens is 1. The number of aliphatic hydroxyl groups excluding tert-OH is 1. The van der Waals surface area contributed by atoms with Gasteiger partial charge in [-0.05, 0) is 13.3 Å². The number of aliphatic hydroxyl groups is 1. The Morgan fingerprint density at radius 1 is 1.42 bits per heavy atom. The summed E-state index contributed by atoms with van der Waals surface area (Å²) in [5, 5.41) is 9.48. The van der Waals surface area contributed by atoms with E-state index in [-0.39, 0.29) is 29.7 Å². The molecule has 0 spiro atoms. The quantitative estimate of drug-likeness (QED) is 0.642. The molecule has 0 aliphatic heterocycles. The molecule has 1 aliphatic rings. The smallest absolute Gasteiger partial charge is 0.223 e. The second-order valence-electron chi connectivity index (χ2n) is 4.70. The van der Waals surface area contributed by atoms with Crippen LogP contribution in [-0.2, 0) is 0 Å². The van der Waals surface area contributed by atoms with Crippen LogP contribution < -0.4 is 5.73 Å². The van der Waals surface area contributed by atoms with Gasteiger partial charge in [-0.1, -0.05) is 23.8 Å². The predicted octanol–water partition coefficient (Wildman–Crippen LogP) is 1.48. The van der Waals surface area contributed by atoms with Crippen molar-refractivity contribution in [2.75, 3.05) is 12.3 Å². The minimum absolute atomic E-state index is 0.118. The molecule has 6 nitrogen and oxygen atoms in total. The fraction of sp³-hybridized carbons (Fsp3) is 0.417. The summed E-state index contributed by atoms with van der Waals surface area (Å²) in [6, 6.07) is 0.118. The Labute approximate surface area is 114 Å². The number of nitrogens with zero attached hydrogens (tertiary/aromatic N) is 4. The van der Waals surface area contributed by atoms with E-state index in [4.69, 9.17) is 17.3 Å². The second kappa shape index (κ2) is 4.47. The number of aromatic nitrogens is 4. The van der Waals surface area contributed by atoms with Gasteiger partial charge < -0.3 is 15.4 Å². The summed E-state index contributed by atoms with van der Waals surface area (Å²) in [5.74, 6) is 1.13. The van der Waals surface area contributed by atoms with Crippen molar-refractivity contribution in [1.29, 1.82) is 0 Å². The maximum absolute atomic E-state index is 9.21. The highest BCUT2D eigenvalue weighted by molar-refractivity contribution is 6.33. The van der Waals surface area contributed by atoms with Crippen LogP contribution in [0.25, 0.3) is 11.2 Å². The van der Waals surface area contributed by atoms with E-state index in [0.29, 0.717) is 11.2 Å². The van der Waals surface area contributed by atoms with Crippen molar-refractivity contribution in [3.8, 4) is 0 Å². The van der Waals surface area contributed by atoms with Gasteiger partial charge in [0, 0.05) is 12.5 Å². The van der Waals surface area contributed by atoms with Crippen LogP contribution >= 0.6 is 11.6 Å². The van der Waals surface area contributed by atoms with Crippen molar-refractivity contribution in [1.82, 2.24) is 19.5 Å². The van der Waals surface area contributed by atoms with Crippen molar-refractivity contribution in [3.63, 3.8) is 0 Å². The van der Waals surface area contributed by atoms with Crippen molar-refractivity contribution >= 4 is 28.7 Å². The van der Waals surface area contributed by atoms with E-state index in [1.165, 1.54) is 0 Å². The van der Waals surface area contributed by atoms with Crippen LogP contribution in [0.1, 0.15) is 18.3 Å². The molecular weight excluding hydrogens is 266 g/mol. The van der Waals surface area contributed by atoms with E-state index in [0.717, 1.165) is 12.2 Å². The molecule has 100 valence electrons. The summed E-state index contributed by atoms with van der Waals surface area (Å²) in [6.07, 6.45) is 4.90. The molecule has 0 aromatic carbocycles. The number of hydrogen-bond acceptors (Lipinski definition) is 5. The van der Waals surface area contributed by atoms with E-state index in [2.05, 4.69) is 21.0 Å². The zero-order valence-electron chi connectivity index (χ0n) is 10.4. The Morgan fingerprint density at radius 2 is 2.21 bits per heavy atom. The number of aryl methyl sites for hydroxylation is 1. The molecule has 2 heterocycles. The standard InChI is InChI=1S/C12H14ClN5O/c1-6-15-9-10(13)16-12(14)17-11(9)18(6)8-3-2-7(4-8)5-19/h2-3,7-8,19H,4-5H2,1H3,(H2,14,16,17). The molecule has 3 N–H and O–H groups in total. The van der Waals surface area contributed by atoms with Gasteiger partial charge in [0.1, 0.15) is 11.3 Å². The zero-order valence-corrected chi connectivity index (χ0v) is 11.2. The summed E-state index contributed by atoms with van der Waals surface area (Å²) in [5.41, 5.74) is 6.86. The van der Waals surface area contributed by atoms with E-state index in [1.54, 1.807) is 0 Å². The summed E-state index contributed by atoms with van der Waals surface area (Å²) in [4.78, 5) is 12.6. The molecule has 1 aliphatic carbocycles. The summed E-state index contributed by atoms with van der Waals surface area (Å²) in [6.45, 7) is 2.05. The molecular formula is C12H14ClN5O. The Hall–Kier alpha value is -1.66. The molecule has 0 saturated carbocycles. The number of anilines is 1. The summed E-state index contributed by atoms with van der Waals surface area (Å²) < 4.78 is 1.99. The first-order valence-electron chi connectivity index (χ1n) is 6.07. The van der Waals surface area contributed by atoms with Crippen molar-refractivity contribution < 1.29 is 5.11 Å². The fourth-order valence-corrected chi connectivity index (χ4v) is 2.76. The van der Waals surface area contributed by atoms with E-state index in [1.807, 2.05) is 17.6 Å². The number of allylic oxidation sites excluding steroid dienone is 1. The number of rotatable bonds is 2. The SMILES string of the molecule is Cc1nc2c(Cl)nc(N)nc2n1C1C=CC(CO)C1. The topological polar surface area (TPSA) is 89.9 Å². The normalized spacial score (nSPS) is 22.5. The highest BCUT2D eigenvalue weighted by atomic mass is 35.5. The van der Waals surface area contributed by atoms with Crippen molar-refractivity contribution in [3.05, 3.63) is 23.1 Å². The van der Waals surface area contributed by atoms with Crippen LogP contribution in [0.15, 0.2) is 12.2 Å². The van der Waals surface area contributed by atoms with Gasteiger partial charge in [-0.3, -0.25) is 0 Å². The molecule has 3 rings (SSSR count). The highest BCUT2D eigenvalue weighted by Crippen LogP contribution is 2.32. The molecule has 19 heavy (non-hydrogen) atoms. The average molecular weight is 280 g/mol. The lowest BCUT2D eigenvalue weighted by Crippen LogP contribution is -2.10.